The normalized spacial score (nSPS) is 11.0. The fourth-order valence-corrected chi connectivity index (χ4v) is 2.25. The molecule has 0 aliphatic heterocycles. The largest absolute Gasteiger partial charge is 0.313 e. The van der Waals surface area contributed by atoms with Gasteiger partial charge in [0.1, 0.15) is 6.33 Å². The summed E-state index contributed by atoms with van der Waals surface area (Å²) in [5.41, 5.74) is 4.61. The number of hydrogen-bond acceptors (Lipinski definition) is 2. The summed E-state index contributed by atoms with van der Waals surface area (Å²) in [5.74, 6) is 0. The summed E-state index contributed by atoms with van der Waals surface area (Å²) in [5, 5.41) is 3.35. The van der Waals surface area contributed by atoms with Crippen molar-refractivity contribution in [1.82, 2.24) is 14.9 Å². The van der Waals surface area contributed by atoms with E-state index >= 15 is 0 Å². The van der Waals surface area contributed by atoms with Gasteiger partial charge in [-0.3, -0.25) is 4.57 Å². The maximum absolute atomic E-state index is 4.43. The van der Waals surface area contributed by atoms with Gasteiger partial charge in [-0.25, -0.2) is 4.98 Å². The van der Waals surface area contributed by atoms with Crippen LogP contribution < -0.4 is 5.32 Å². The molecule has 0 bridgehead atoms. The van der Waals surface area contributed by atoms with Gasteiger partial charge in [0.25, 0.3) is 0 Å². The monoisotopic (exact) mass is 251 g/mol. The van der Waals surface area contributed by atoms with Gasteiger partial charge in [0.2, 0.25) is 0 Å². The minimum absolute atomic E-state index is 0.900. The third kappa shape index (κ3) is 2.37. The molecule has 3 heteroatoms. The van der Waals surface area contributed by atoms with Crippen molar-refractivity contribution in [2.45, 2.75) is 13.5 Å². The van der Waals surface area contributed by atoms with Crippen molar-refractivity contribution in [3.05, 3.63) is 60.4 Å². The zero-order valence-corrected chi connectivity index (χ0v) is 11.0. The van der Waals surface area contributed by atoms with Crippen LogP contribution in [0.2, 0.25) is 0 Å². The van der Waals surface area contributed by atoms with Crippen LogP contribution >= 0.6 is 0 Å². The number of nitrogens with zero attached hydrogens (tertiary/aromatic N) is 2. The minimum Gasteiger partial charge on any atom is -0.313 e. The molecular weight excluding hydrogens is 234 g/mol. The summed E-state index contributed by atoms with van der Waals surface area (Å²) in [7, 11) is 0. The van der Waals surface area contributed by atoms with E-state index in [0.29, 0.717) is 0 Å². The summed E-state index contributed by atoms with van der Waals surface area (Å²) in [6.07, 6.45) is 1.89. The van der Waals surface area contributed by atoms with Crippen molar-refractivity contribution in [2.75, 3.05) is 6.54 Å². The third-order valence-electron chi connectivity index (χ3n) is 3.22. The van der Waals surface area contributed by atoms with Crippen LogP contribution in [0.15, 0.2) is 54.9 Å². The van der Waals surface area contributed by atoms with Gasteiger partial charge in [0.15, 0.2) is 0 Å². The van der Waals surface area contributed by atoms with Crippen LogP contribution in [0.1, 0.15) is 12.5 Å². The zero-order chi connectivity index (χ0) is 13.1. The van der Waals surface area contributed by atoms with Gasteiger partial charge in [-0.2, -0.15) is 0 Å². The molecule has 3 aromatic rings. The highest BCUT2D eigenvalue weighted by atomic mass is 15.0. The lowest BCUT2D eigenvalue weighted by molar-refractivity contribution is 0.726. The average molecular weight is 251 g/mol. The van der Waals surface area contributed by atoms with Crippen molar-refractivity contribution in [1.29, 1.82) is 0 Å². The molecule has 0 atom stereocenters. The summed E-state index contributed by atoms with van der Waals surface area (Å²) in [6.45, 7) is 4.00. The van der Waals surface area contributed by atoms with Crippen LogP contribution in [0.4, 0.5) is 0 Å². The van der Waals surface area contributed by atoms with E-state index in [9.17, 15) is 0 Å². The topological polar surface area (TPSA) is 29.9 Å². The smallest absolute Gasteiger partial charge is 0.100 e. The third-order valence-corrected chi connectivity index (χ3v) is 3.22. The highest BCUT2D eigenvalue weighted by molar-refractivity contribution is 5.77. The number of imidazole rings is 1. The van der Waals surface area contributed by atoms with Gasteiger partial charge in [0, 0.05) is 12.2 Å². The lowest BCUT2D eigenvalue weighted by atomic mass is 10.2. The van der Waals surface area contributed by atoms with Crippen LogP contribution in [0.3, 0.4) is 0 Å². The summed E-state index contributed by atoms with van der Waals surface area (Å²) in [6, 6.07) is 16.8. The quantitative estimate of drug-likeness (QED) is 0.772. The molecule has 2 aromatic carbocycles. The van der Waals surface area contributed by atoms with Crippen LogP contribution in [-0.2, 0) is 6.54 Å². The van der Waals surface area contributed by atoms with E-state index in [2.05, 4.69) is 52.1 Å². The number of hydrogen-bond donors (Lipinski definition) is 1. The second-order valence-electron chi connectivity index (χ2n) is 4.55. The Morgan fingerprint density at radius 3 is 2.89 bits per heavy atom. The predicted octanol–water partition coefficient (Wildman–Crippen LogP) is 3.14. The summed E-state index contributed by atoms with van der Waals surface area (Å²) < 4.78 is 2.13. The van der Waals surface area contributed by atoms with Crippen LogP contribution in [0.5, 0.6) is 0 Å². The molecule has 0 aliphatic rings. The molecular formula is C16H17N3. The molecule has 1 aromatic heterocycles. The van der Waals surface area contributed by atoms with Crippen molar-refractivity contribution in [2.24, 2.45) is 0 Å². The van der Waals surface area contributed by atoms with Crippen LogP contribution in [0, 0.1) is 0 Å². The highest BCUT2D eigenvalue weighted by Crippen LogP contribution is 2.18. The molecule has 1 N–H and O–H groups in total. The molecule has 0 radical (unpaired) electrons. The Hall–Kier alpha value is -2.13. The van der Waals surface area contributed by atoms with E-state index in [1.165, 1.54) is 5.56 Å². The zero-order valence-electron chi connectivity index (χ0n) is 11.0. The standard InChI is InChI=1S/C16H17N3/c1-2-17-11-13-6-5-7-14(10-13)19-12-18-15-8-3-4-9-16(15)19/h3-10,12,17H,2,11H2,1H3. The maximum Gasteiger partial charge on any atom is 0.100 e. The first-order chi connectivity index (χ1) is 9.38. The first kappa shape index (κ1) is 11.9. The minimum atomic E-state index is 0.900. The molecule has 0 fully saturated rings. The number of para-hydroxylation sites is 2. The first-order valence-corrected chi connectivity index (χ1v) is 6.60. The van der Waals surface area contributed by atoms with Gasteiger partial charge in [-0.1, -0.05) is 31.2 Å². The molecule has 0 saturated heterocycles. The van der Waals surface area contributed by atoms with Gasteiger partial charge >= 0.3 is 0 Å². The van der Waals surface area contributed by atoms with E-state index in [1.807, 2.05) is 24.5 Å². The van der Waals surface area contributed by atoms with Gasteiger partial charge in [-0.15, -0.1) is 0 Å². The molecule has 0 amide bonds. The Balaban J connectivity index is 2.01. The second-order valence-corrected chi connectivity index (χ2v) is 4.55. The van der Waals surface area contributed by atoms with Crippen LogP contribution in [-0.4, -0.2) is 16.1 Å². The van der Waals surface area contributed by atoms with Crippen molar-refractivity contribution in [3.8, 4) is 5.69 Å². The number of benzene rings is 2. The van der Waals surface area contributed by atoms with Gasteiger partial charge in [-0.05, 0) is 36.4 Å². The fourth-order valence-electron chi connectivity index (χ4n) is 2.25. The Labute approximate surface area is 112 Å². The summed E-state index contributed by atoms with van der Waals surface area (Å²) >= 11 is 0. The van der Waals surface area contributed by atoms with E-state index in [-0.39, 0.29) is 0 Å². The molecule has 96 valence electrons. The predicted molar refractivity (Wildman–Crippen MR) is 78.5 cm³/mol. The number of rotatable bonds is 4. The molecule has 3 nitrogen and oxygen atoms in total. The summed E-state index contributed by atoms with van der Waals surface area (Å²) in [4.78, 5) is 4.43. The SMILES string of the molecule is CCNCc1cccc(-n2cnc3ccccc32)c1. The number of nitrogens with one attached hydrogen (secondary N) is 1. The molecule has 0 aliphatic carbocycles. The lowest BCUT2D eigenvalue weighted by Crippen LogP contribution is -2.11. The molecule has 3 rings (SSSR count). The molecule has 1 heterocycles. The van der Waals surface area contributed by atoms with E-state index < -0.39 is 0 Å². The van der Waals surface area contributed by atoms with E-state index in [4.69, 9.17) is 0 Å². The lowest BCUT2D eigenvalue weighted by Gasteiger charge is -2.07. The van der Waals surface area contributed by atoms with E-state index in [0.717, 1.165) is 29.8 Å². The average Bonchev–Trinajstić information content (AvgIpc) is 2.89. The Morgan fingerprint density at radius 2 is 2.00 bits per heavy atom. The Kier molecular flexibility index (Phi) is 3.29. The van der Waals surface area contributed by atoms with Crippen molar-refractivity contribution < 1.29 is 0 Å². The number of fused-ring (bicyclic) bond motifs is 1. The van der Waals surface area contributed by atoms with E-state index in [1.54, 1.807) is 0 Å². The van der Waals surface area contributed by atoms with Crippen molar-refractivity contribution >= 4 is 11.0 Å². The number of aromatic nitrogens is 2. The molecule has 0 unspecified atom stereocenters. The van der Waals surface area contributed by atoms with Gasteiger partial charge in [0.05, 0.1) is 11.0 Å². The Morgan fingerprint density at radius 1 is 1.11 bits per heavy atom. The molecule has 0 saturated carbocycles. The van der Waals surface area contributed by atoms with Crippen LogP contribution in [0.25, 0.3) is 16.7 Å². The second kappa shape index (κ2) is 5.24. The van der Waals surface area contributed by atoms with Crippen molar-refractivity contribution in [3.63, 3.8) is 0 Å². The van der Waals surface area contributed by atoms with Gasteiger partial charge < -0.3 is 5.32 Å². The molecule has 0 spiro atoms. The maximum atomic E-state index is 4.43. The molecule has 19 heavy (non-hydrogen) atoms. The highest BCUT2D eigenvalue weighted by Gasteiger charge is 2.04. The Bertz CT molecular complexity index is 685. The first-order valence-electron chi connectivity index (χ1n) is 6.60. The fraction of sp³-hybridized carbons (Fsp3) is 0.188.